The van der Waals surface area contributed by atoms with Gasteiger partial charge in [-0.15, -0.1) is 0 Å². The summed E-state index contributed by atoms with van der Waals surface area (Å²) in [6.45, 7) is 0.311. The maximum atomic E-state index is 12.9. The molecule has 124 valence electrons. The van der Waals surface area contributed by atoms with Gasteiger partial charge in [-0.2, -0.15) is 0 Å². The molecule has 5 atom stereocenters. The molecular weight excluding hydrogens is 298 g/mol. The van der Waals surface area contributed by atoms with Gasteiger partial charge in [-0.1, -0.05) is 30.3 Å². The van der Waals surface area contributed by atoms with Crippen molar-refractivity contribution in [1.82, 2.24) is 5.32 Å². The van der Waals surface area contributed by atoms with Crippen LogP contribution in [0.2, 0.25) is 0 Å². The number of fused-ring (bicyclic) bond motifs is 1. The van der Waals surface area contributed by atoms with Crippen LogP contribution in [0.3, 0.4) is 0 Å². The molecule has 4 rings (SSSR count). The van der Waals surface area contributed by atoms with E-state index in [4.69, 9.17) is 18.9 Å². The Kier molecular flexibility index (Phi) is 4.17. The van der Waals surface area contributed by atoms with Crippen LogP contribution in [-0.4, -0.2) is 50.1 Å². The fourth-order valence-electron chi connectivity index (χ4n) is 3.09. The van der Waals surface area contributed by atoms with E-state index in [9.17, 15) is 4.79 Å². The van der Waals surface area contributed by atoms with Crippen molar-refractivity contribution < 1.29 is 23.7 Å². The molecule has 3 fully saturated rings. The lowest BCUT2D eigenvalue weighted by Gasteiger charge is -2.43. The third-order valence-electron chi connectivity index (χ3n) is 4.48. The minimum atomic E-state index is -0.628. The van der Waals surface area contributed by atoms with Gasteiger partial charge in [0.15, 0.2) is 18.4 Å². The maximum Gasteiger partial charge on any atom is 0.186 e. The average molecular weight is 319 g/mol. The van der Waals surface area contributed by atoms with Crippen molar-refractivity contribution in [3.63, 3.8) is 0 Å². The fourth-order valence-corrected chi connectivity index (χ4v) is 3.09. The molecule has 1 aromatic rings. The summed E-state index contributed by atoms with van der Waals surface area (Å²) >= 11 is 0. The Balaban J connectivity index is 1.51. The molecule has 0 radical (unpaired) electrons. The Morgan fingerprint density at radius 2 is 1.96 bits per heavy atom. The summed E-state index contributed by atoms with van der Waals surface area (Å²) in [4.78, 5) is 12.9. The SMILES string of the molecule is CO[C@H]1O[C@@H]2CO[C@@H](c3ccccc3)O[C@H]2C(=O)[C@H]1NC1CC1. The van der Waals surface area contributed by atoms with Gasteiger partial charge in [0, 0.05) is 18.7 Å². The second-order valence-electron chi connectivity index (χ2n) is 6.23. The number of ketones is 1. The summed E-state index contributed by atoms with van der Waals surface area (Å²) < 4.78 is 22.9. The Hall–Kier alpha value is -1.31. The van der Waals surface area contributed by atoms with Gasteiger partial charge in [0.1, 0.15) is 18.2 Å². The molecule has 2 heterocycles. The van der Waals surface area contributed by atoms with E-state index in [1.54, 1.807) is 7.11 Å². The van der Waals surface area contributed by atoms with Gasteiger partial charge in [0.2, 0.25) is 0 Å². The van der Waals surface area contributed by atoms with E-state index in [0.717, 1.165) is 18.4 Å². The largest absolute Gasteiger partial charge is 0.354 e. The number of ether oxygens (including phenoxy) is 4. The molecule has 1 aliphatic carbocycles. The molecule has 2 saturated heterocycles. The van der Waals surface area contributed by atoms with E-state index in [1.165, 1.54) is 0 Å². The van der Waals surface area contributed by atoms with Crippen LogP contribution in [0.25, 0.3) is 0 Å². The summed E-state index contributed by atoms with van der Waals surface area (Å²) in [7, 11) is 1.55. The van der Waals surface area contributed by atoms with Crippen molar-refractivity contribution in [2.24, 2.45) is 0 Å². The van der Waals surface area contributed by atoms with E-state index >= 15 is 0 Å². The number of hydrogen-bond acceptors (Lipinski definition) is 6. The Morgan fingerprint density at radius 1 is 1.17 bits per heavy atom. The molecule has 6 nitrogen and oxygen atoms in total. The predicted octanol–water partition coefficient (Wildman–Crippen LogP) is 1.16. The highest BCUT2D eigenvalue weighted by Crippen LogP contribution is 2.33. The van der Waals surface area contributed by atoms with Crippen molar-refractivity contribution in [2.75, 3.05) is 13.7 Å². The van der Waals surface area contributed by atoms with Crippen LogP contribution in [-0.2, 0) is 23.7 Å². The number of rotatable bonds is 4. The Bertz CT molecular complexity index is 561. The number of benzene rings is 1. The van der Waals surface area contributed by atoms with Crippen molar-refractivity contribution in [2.45, 2.75) is 49.7 Å². The van der Waals surface area contributed by atoms with Crippen molar-refractivity contribution >= 4 is 5.78 Å². The zero-order valence-electron chi connectivity index (χ0n) is 13.0. The molecule has 1 aromatic carbocycles. The zero-order chi connectivity index (χ0) is 15.8. The fraction of sp³-hybridized carbons (Fsp3) is 0.588. The molecular formula is C17H21NO5. The smallest absolute Gasteiger partial charge is 0.186 e. The topological polar surface area (TPSA) is 66.0 Å². The summed E-state index contributed by atoms with van der Waals surface area (Å²) in [5, 5.41) is 3.31. The zero-order valence-corrected chi connectivity index (χ0v) is 13.0. The summed E-state index contributed by atoms with van der Waals surface area (Å²) in [5.74, 6) is -0.00997. The van der Waals surface area contributed by atoms with Gasteiger partial charge < -0.3 is 24.3 Å². The highest BCUT2D eigenvalue weighted by molar-refractivity contribution is 5.90. The number of nitrogens with one attached hydrogen (secondary N) is 1. The first-order chi connectivity index (χ1) is 11.3. The minimum absolute atomic E-state index is 0.00997. The quantitative estimate of drug-likeness (QED) is 0.898. The summed E-state index contributed by atoms with van der Waals surface area (Å²) in [5.41, 5.74) is 0.902. The van der Waals surface area contributed by atoms with Gasteiger partial charge >= 0.3 is 0 Å². The first-order valence-electron chi connectivity index (χ1n) is 8.06. The van der Waals surface area contributed by atoms with Crippen LogP contribution in [0, 0.1) is 0 Å². The second kappa shape index (κ2) is 6.30. The van der Waals surface area contributed by atoms with Crippen LogP contribution >= 0.6 is 0 Å². The normalized spacial score (nSPS) is 37.4. The summed E-state index contributed by atoms with van der Waals surface area (Å²) in [6, 6.07) is 9.53. The first-order valence-corrected chi connectivity index (χ1v) is 8.06. The molecule has 0 aromatic heterocycles. The lowest BCUT2D eigenvalue weighted by Crippen LogP contribution is -2.64. The van der Waals surface area contributed by atoms with E-state index in [-0.39, 0.29) is 5.78 Å². The molecule has 0 spiro atoms. The Morgan fingerprint density at radius 3 is 2.65 bits per heavy atom. The van der Waals surface area contributed by atoms with Gasteiger partial charge in [-0.3, -0.25) is 4.79 Å². The molecule has 0 bridgehead atoms. The van der Waals surface area contributed by atoms with Crippen LogP contribution in [0.5, 0.6) is 0 Å². The number of hydrogen-bond donors (Lipinski definition) is 1. The number of carbonyl (C=O) groups excluding carboxylic acids is 1. The van der Waals surface area contributed by atoms with E-state index < -0.39 is 30.8 Å². The van der Waals surface area contributed by atoms with Gasteiger partial charge in [-0.25, -0.2) is 0 Å². The molecule has 3 aliphatic rings. The third kappa shape index (κ3) is 3.05. The molecule has 6 heteroatoms. The van der Waals surface area contributed by atoms with Crippen LogP contribution in [0.1, 0.15) is 24.7 Å². The molecule has 1 N–H and O–H groups in total. The van der Waals surface area contributed by atoms with E-state index in [1.807, 2.05) is 30.3 Å². The first kappa shape index (κ1) is 15.2. The molecule has 0 unspecified atom stereocenters. The molecule has 0 amide bonds. The monoisotopic (exact) mass is 319 g/mol. The van der Waals surface area contributed by atoms with Gasteiger partial charge in [0.05, 0.1) is 6.61 Å². The molecule has 2 aliphatic heterocycles. The van der Waals surface area contributed by atoms with Gasteiger partial charge in [-0.05, 0) is 12.8 Å². The van der Waals surface area contributed by atoms with Crippen LogP contribution < -0.4 is 5.32 Å². The second-order valence-corrected chi connectivity index (χ2v) is 6.23. The van der Waals surface area contributed by atoms with E-state index in [0.29, 0.717) is 12.6 Å². The molecule has 1 saturated carbocycles. The van der Waals surface area contributed by atoms with Crippen LogP contribution in [0.15, 0.2) is 30.3 Å². The van der Waals surface area contributed by atoms with Crippen molar-refractivity contribution in [3.05, 3.63) is 35.9 Å². The lowest BCUT2D eigenvalue weighted by molar-refractivity contribution is -0.303. The summed E-state index contributed by atoms with van der Waals surface area (Å²) in [6.07, 6.45) is -0.00712. The standard InChI is InChI=1S/C17H21NO5/c1-20-17-13(18-11-7-8-11)14(19)15-12(22-17)9-21-16(23-15)10-5-3-2-4-6-10/h2-6,11-13,15-18H,7-9H2,1H3/t12-,13-,15-,16-,17+/m1/s1. The minimum Gasteiger partial charge on any atom is -0.354 e. The predicted molar refractivity (Wildman–Crippen MR) is 80.6 cm³/mol. The van der Waals surface area contributed by atoms with Crippen molar-refractivity contribution in [1.29, 1.82) is 0 Å². The lowest BCUT2D eigenvalue weighted by atomic mass is 9.97. The van der Waals surface area contributed by atoms with Gasteiger partial charge in [0.25, 0.3) is 0 Å². The average Bonchev–Trinajstić information content (AvgIpc) is 3.42. The third-order valence-corrected chi connectivity index (χ3v) is 4.48. The maximum absolute atomic E-state index is 12.9. The van der Waals surface area contributed by atoms with E-state index in [2.05, 4.69) is 5.32 Å². The highest BCUT2D eigenvalue weighted by atomic mass is 16.7. The Labute approximate surface area is 135 Å². The number of methoxy groups -OCH3 is 1. The van der Waals surface area contributed by atoms with Crippen molar-refractivity contribution in [3.8, 4) is 0 Å². The number of carbonyl (C=O) groups is 1. The van der Waals surface area contributed by atoms with Crippen LogP contribution in [0.4, 0.5) is 0 Å². The highest BCUT2D eigenvalue weighted by Gasteiger charge is 2.50. The molecule has 23 heavy (non-hydrogen) atoms. The number of Topliss-reactive ketones (excluding diaryl/α,β-unsaturated/α-hetero) is 1.